The Balaban J connectivity index is 2.20. The lowest BCUT2D eigenvalue weighted by Gasteiger charge is -2.09. The highest BCUT2D eigenvalue weighted by Gasteiger charge is 2.14. The Morgan fingerprint density at radius 1 is 1.41 bits per heavy atom. The SMILES string of the molecule is COc1cc(Br)c(Br)c(/C=N/NC(=O)c2ccncc2)c1O. The minimum atomic E-state index is -0.378. The number of nitrogens with zero attached hydrogens (tertiary/aromatic N) is 2. The van der Waals surface area contributed by atoms with Gasteiger partial charge in [-0.15, -0.1) is 0 Å². The van der Waals surface area contributed by atoms with Crippen molar-refractivity contribution >= 4 is 44.0 Å². The van der Waals surface area contributed by atoms with Crippen molar-refractivity contribution < 1.29 is 14.6 Å². The zero-order chi connectivity index (χ0) is 16.1. The molecule has 8 heteroatoms. The number of nitrogens with one attached hydrogen (secondary N) is 1. The van der Waals surface area contributed by atoms with Crippen LogP contribution in [0.2, 0.25) is 0 Å². The van der Waals surface area contributed by atoms with E-state index < -0.39 is 0 Å². The highest BCUT2D eigenvalue weighted by molar-refractivity contribution is 9.13. The quantitative estimate of drug-likeness (QED) is 0.578. The number of methoxy groups -OCH3 is 1. The number of carbonyl (C=O) groups is 1. The van der Waals surface area contributed by atoms with E-state index in [9.17, 15) is 9.90 Å². The standard InChI is InChI=1S/C14H11Br2N3O3/c1-22-11-6-10(15)12(16)9(13(11)20)7-18-19-14(21)8-2-4-17-5-3-8/h2-7,20H,1H3,(H,19,21)/b18-7+. The van der Waals surface area contributed by atoms with Gasteiger partial charge in [-0.2, -0.15) is 5.10 Å². The second-order valence-electron chi connectivity index (χ2n) is 4.07. The third kappa shape index (κ3) is 3.63. The first kappa shape index (κ1) is 16.4. The van der Waals surface area contributed by atoms with Gasteiger partial charge in [0.25, 0.3) is 5.91 Å². The van der Waals surface area contributed by atoms with E-state index in [4.69, 9.17) is 4.74 Å². The lowest BCUT2D eigenvalue weighted by molar-refractivity contribution is 0.0955. The zero-order valence-corrected chi connectivity index (χ0v) is 14.6. The van der Waals surface area contributed by atoms with Crippen LogP contribution in [0.3, 0.4) is 0 Å². The summed E-state index contributed by atoms with van der Waals surface area (Å²) in [7, 11) is 1.45. The Kier molecular flexibility index (Phi) is 5.51. The molecule has 0 saturated carbocycles. The third-order valence-electron chi connectivity index (χ3n) is 2.71. The predicted molar refractivity (Wildman–Crippen MR) is 89.4 cm³/mol. The molecule has 0 aliphatic carbocycles. The molecule has 0 bridgehead atoms. The lowest BCUT2D eigenvalue weighted by atomic mass is 10.2. The first-order chi connectivity index (χ1) is 10.5. The van der Waals surface area contributed by atoms with Crippen LogP contribution < -0.4 is 10.2 Å². The molecule has 22 heavy (non-hydrogen) atoms. The van der Waals surface area contributed by atoms with Crippen molar-refractivity contribution in [1.29, 1.82) is 0 Å². The molecule has 2 rings (SSSR count). The van der Waals surface area contributed by atoms with Gasteiger partial charge in [0.1, 0.15) is 0 Å². The molecular formula is C14H11Br2N3O3. The smallest absolute Gasteiger partial charge is 0.271 e. The number of phenols is 1. The monoisotopic (exact) mass is 427 g/mol. The third-order valence-corrected chi connectivity index (χ3v) is 4.73. The predicted octanol–water partition coefficient (Wildman–Crippen LogP) is 3.08. The molecule has 1 heterocycles. The van der Waals surface area contributed by atoms with Gasteiger partial charge in [0.15, 0.2) is 11.5 Å². The number of rotatable bonds is 4. The van der Waals surface area contributed by atoms with Crippen LogP contribution in [-0.4, -0.2) is 29.3 Å². The first-order valence-corrected chi connectivity index (χ1v) is 7.61. The summed E-state index contributed by atoms with van der Waals surface area (Å²) >= 11 is 6.67. The summed E-state index contributed by atoms with van der Waals surface area (Å²) in [4.78, 5) is 15.7. The molecule has 0 aliphatic heterocycles. The second kappa shape index (κ2) is 7.37. The maximum atomic E-state index is 11.8. The van der Waals surface area contributed by atoms with Gasteiger partial charge in [-0.1, -0.05) is 0 Å². The van der Waals surface area contributed by atoms with Gasteiger partial charge in [-0.05, 0) is 50.1 Å². The average molecular weight is 429 g/mol. The van der Waals surface area contributed by atoms with Crippen molar-refractivity contribution in [2.24, 2.45) is 5.10 Å². The summed E-state index contributed by atoms with van der Waals surface area (Å²) in [6, 6.07) is 4.76. The van der Waals surface area contributed by atoms with E-state index in [1.807, 2.05) is 0 Å². The molecule has 2 aromatic rings. The highest BCUT2D eigenvalue weighted by atomic mass is 79.9. The van der Waals surface area contributed by atoms with Crippen LogP contribution in [0.25, 0.3) is 0 Å². The highest BCUT2D eigenvalue weighted by Crippen LogP contribution is 2.39. The molecule has 0 unspecified atom stereocenters. The maximum absolute atomic E-state index is 11.8. The van der Waals surface area contributed by atoms with Crippen molar-refractivity contribution in [3.8, 4) is 11.5 Å². The fourth-order valence-electron chi connectivity index (χ4n) is 1.61. The van der Waals surface area contributed by atoms with E-state index >= 15 is 0 Å². The minimum absolute atomic E-state index is 0.0838. The van der Waals surface area contributed by atoms with E-state index in [0.29, 0.717) is 20.1 Å². The Morgan fingerprint density at radius 3 is 2.73 bits per heavy atom. The van der Waals surface area contributed by atoms with Crippen molar-refractivity contribution in [2.75, 3.05) is 7.11 Å². The van der Waals surface area contributed by atoms with Crippen LogP contribution in [0.1, 0.15) is 15.9 Å². The van der Waals surface area contributed by atoms with E-state index in [2.05, 4.69) is 47.4 Å². The van der Waals surface area contributed by atoms with Crippen molar-refractivity contribution in [3.05, 3.63) is 50.7 Å². The summed E-state index contributed by atoms with van der Waals surface area (Å²) in [5.41, 5.74) is 3.18. The largest absolute Gasteiger partial charge is 0.504 e. The van der Waals surface area contributed by atoms with Gasteiger partial charge in [0.2, 0.25) is 0 Å². The Labute approximate surface area is 143 Å². The number of amides is 1. The number of pyridine rings is 1. The molecule has 0 fully saturated rings. The topological polar surface area (TPSA) is 83.8 Å². The van der Waals surface area contributed by atoms with Gasteiger partial charge >= 0.3 is 0 Å². The minimum Gasteiger partial charge on any atom is -0.504 e. The second-order valence-corrected chi connectivity index (χ2v) is 5.72. The Morgan fingerprint density at radius 2 is 2.09 bits per heavy atom. The molecule has 1 aromatic carbocycles. The maximum Gasteiger partial charge on any atom is 0.271 e. The van der Waals surface area contributed by atoms with Crippen LogP contribution >= 0.6 is 31.9 Å². The van der Waals surface area contributed by atoms with E-state index in [1.54, 1.807) is 18.2 Å². The van der Waals surface area contributed by atoms with Crippen molar-refractivity contribution in [3.63, 3.8) is 0 Å². The van der Waals surface area contributed by atoms with E-state index in [-0.39, 0.29) is 17.4 Å². The fraction of sp³-hybridized carbons (Fsp3) is 0.0714. The van der Waals surface area contributed by atoms with Crippen LogP contribution in [0.15, 0.2) is 44.6 Å². The number of ether oxygens (including phenoxy) is 1. The molecule has 0 radical (unpaired) electrons. The molecular weight excluding hydrogens is 418 g/mol. The summed E-state index contributed by atoms with van der Waals surface area (Å²) < 4.78 is 6.34. The molecule has 114 valence electrons. The lowest BCUT2D eigenvalue weighted by Crippen LogP contribution is -2.17. The summed E-state index contributed by atoms with van der Waals surface area (Å²) in [6.07, 6.45) is 4.35. The molecule has 0 spiro atoms. The van der Waals surface area contributed by atoms with Gasteiger partial charge in [-0.3, -0.25) is 9.78 Å². The molecule has 0 atom stereocenters. The van der Waals surface area contributed by atoms with Crippen LogP contribution in [-0.2, 0) is 0 Å². The number of hydrogen-bond donors (Lipinski definition) is 2. The summed E-state index contributed by atoms with van der Waals surface area (Å²) in [6.45, 7) is 0. The Hall–Kier alpha value is -1.93. The van der Waals surface area contributed by atoms with Crippen molar-refractivity contribution in [1.82, 2.24) is 10.4 Å². The number of benzene rings is 1. The number of hydrogen-bond acceptors (Lipinski definition) is 5. The van der Waals surface area contributed by atoms with Gasteiger partial charge in [0.05, 0.1) is 18.9 Å². The summed E-state index contributed by atoms with van der Waals surface area (Å²) in [5, 5.41) is 13.9. The number of carbonyl (C=O) groups excluding carboxylic acids is 1. The van der Waals surface area contributed by atoms with E-state index in [0.717, 1.165) is 0 Å². The Bertz CT molecular complexity index is 721. The van der Waals surface area contributed by atoms with Crippen LogP contribution in [0.4, 0.5) is 0 Å². The van der Waals surface area contributed by atoms with Gasteiger partial charge in [-0.25, -0.2) is 5.43 Å². The molecule has 0 saturated heterocycles. The normalized spacial score (nSPS) is 10.7. The van der Waals surface area contributed by atoms with Gasteiger partial charge in [0, 0.05) is 26.9 Å². The van der Waals surface area contributed by atoms with Crippen LogP contribution in [0.5, 0.6) is 11.5 Å². The molecule has 2 N–H and O–H groups in total. The number of aromatic nitrogens is 1. The average Bonchev–Trinajstić information content (AvgIpc) is 2.54. The number of hydrazone groups is 1. The number of aromatic hydroxyl groups is 1. The molecule has 6 nitrogen and oxygen atoms in total. The zero-order valence-electron chi connectivity index (χ0n) is 11.4. The molecule has 1 aromatic heterocycles. The van der Waals surface area contributed by atoms with Crippen molar-refractivity contribution in [2.45, 2.75) is 0 Å². The number of phenolic OH excluding ortho intramolecular Hbond substituents is 1. The van der Waals surface area contributed by atoms with Gasteiger partial charge < -0.3 is 9.84 Å². The van der Waals surface area contributed by atoms with Crippen LogP contribution in [0, 0.1) is 0 Å². The molecule has 0 aliphatic rings. The fourth-order valence-corrected chi connectivity index (χ4v) is 2.43. The molecule has 1 amide bonds. The first-order valence-electron chi connectivity index (χ1n) is 6.03. The number of halogens is 2. The van der Waals surface area contributed by atoms with E-state index in [1.165, 1.54) is 25.7 Å². The summed E-state index contributed by atoms with van der Waals surface area (Å²) in [5.74, 6) is -0.173.